The maximum absolute atomic E-state index is 14.7. The summed E-state index contributed by atoms with van der Waals surface area (Å²) in [4.78, 5) is 4.48. The molecule has 158 valence electrons. The van der Waals surface area contributed by atoms with Crippen molar-refractivity contribution >= 4 is 21.6 Å². The Labute approximate surface area is 185 Å². The number of thiazole rings is 1. The van der Waals surface area contributed by atoms with Crippen LogP contribution in [0.1, 0.15) is 5.01 Å². The van der Waals surface area contributed by atoms with E-state index in [4.69, 9.17) is 0 Å². The van der Waals surface area contributed by atoms with Crippen molar-refractivity contribution in [3.05, 3.63) is 101 Å². The predicted octanol–water partition coefficient (Wildman–Crippen LogP) is 8.16. The van der Waals surface area contributed by atoms with Crippen molar-refractivity contribution in [2.45, 2.75) is 6.92 Å². The number of hydrogen-bond acceptors (Lipinski definition) is 2. The van der Waals surface area contributed by atoms with E-state index < -0.39 is 23.3 Å². The largest absolute Gasteiger partial charge is 0.242 e. The summed E-state index contributed by atoms with van der Waals surface area (Å²) in [6.07, 6.45) is 0. The van der Waals surface area contributed by atoms with Crippen LogP contribution >= 0.6 is 11.3 Å². The summed E-state index contributed by atoms with van der Waals surface area (Å²) < 4.78 is 56.1. The van der Waals surface area contributed by atoms with Crippen molar-refractivity contribution in [2.24, 2.45) is 0 Å². The van der Waals surface area contributed by atoms with Crippen LogP contribution in [0.25, 0.3) is 43.6 Å². The van der Waals surface area contributed by atoms with Gasteiger partial charge in [-0.2, -0.15) is 0 Å². The molecular weight excluding hydrogens is 434 g/mol. The highest BCUT2D eigenvalue weighted by Crippen LogP contribution is 2.32. The molecule has 0 amide bonds. The first-order valence-corrected chi connectivity index (χ1v) is 10.6. The van der Waals surface area contributed by atoms with E-state index in [9.17, 15) is 17.6 Å². The Kier molecular flexibility index (Phi) is 5.02. The fourth-order valence-corrected chi connectivity index (χ4v) is 4.58. The summed E-state index contributed by atoms with van der Waals surface area (Å²) in [6.45, 7) is 1.98. The Morgan fingerprint density at radius 1 is 0.594 bits per heavy atom. The zero-order chi connectivity index (χ0) is 22.4. The highest BCUT2D eigenvalue weighted by atomic mass is 32.1. The molecule has 32 heavy (non-hydrogen) atoms. The zero-order valence-electron chi connectivity index (χ0n) is 16.8. The average molecular weight is 449 g/mol. The van der Waals surface area contributed by atoms with E-state index in [0.717, 1.165) is 44.0 Å². The Hall–Kier alpha value is -3.51. The number of benzene rings is 4. The molecule has 0 saturated carbocycles. The summed E-state index contributed by atoms with van der Waals surface area (Å²) in [5, 5.41) is 1.02. The topological polar surface area (TPSA) is 12.9 Å². The Morgan fingerprint density at radius 3 is 1.75 bits per heavy atom. The molecule has 0 aliphatic carbocycles. The smallest absolute Gasteiger partial charge is 0.194 e. The Morgan fingerprint density at radius 2 is 1.12 bits per heavy atom. The molecule has 0 fully saturated rings. The van der Waals surface area contributed by atoms with Gasteiger partial charge in [0.15, 0.2) is 17.5 Å². The van der Waals surface area contributed by atoms with E-state index in [0.29, 0.717) is 5.56 Å². The van der Waals surface area contributed by atoms with Crippen LogP contribution in [0.5, 0.6) is 0 Å². The Balaban J connectivity index is 1.45. The van der Waals surface area contributed by atoms with E-state index in [-0.39, 0.29) is 11.1 Å². The molecule has 0 atom stereocenters. The van der Waals surface area contributed by atoms with Gasteiger partial charge >= 0.3 is 0 Å². The van der Waals surface area contributed by atoms with Crippen molar-refractivity contribution in [3.63, 3.8) is 0 Å². The molecule has 0 N–H and O–H groups in total. The zero-order valence-corrected chi connectivity index (χ0v) is 17.6. The summed E-state index contributed by atoms with van der Waals surface area (Å²) in [6, 6.07) is 19.8. The van der Waals surface area contributed by atoms with Crippen LogP contribution in [0, 0.1) is 30.2 Å². The lowest BCUT2D eigenvalue weighted by Crippen LogP contribution is -1.94. The van der Waals surface area contributed by atoms with Crippen LogP contribution < -0.4 is 0 Å². The van der Waals surface area contributed by atoms with Gasteiger partial charge in [-0.05, 0) is 65.1 Å². The van der Waals surface area contributed by atoms with Gasteiger partial charge in [0.25, 0.3) is 0 Å². The van der Waals surface area contributed by atoms with Crippen LogP contribution in [0.15, 0.2) is 72.8 Å². The van der Waals surface area contributed by atoms with Gasteiger partial charge < -0.3 is 0 Å². The predicted molar refractivity (Wildman–Crippen MR) is 120 cm³/mol. The van der Waals surface area contributed by atoms with E-state index >= 15 is 0 Å². The first-order valence-electron chi connectivity index (χ1n) is 9.81. The van der Waals surface area contributed by atoms with Gasteiger partial charge in [-0.1, -0.05) is 42.5 Å². The fourth-order valence-electron chi connectivity index (χ4n) is 3.71. The number of nitrogens with zero attached hydrogens (tertiary/aromatic N) is 1. The molecule has 5 aromatic rings. The highest BCUT2D eigenvalue weighted by Gasteiger charge is 2.15. The maximum Gasteiger partial charge on any atom is 0.194 e. The molecule has 0 radical (unpaired) electrons. The number of aryl methyl sites for hydroxylation is 1. The maximum atomic E-state index is 14.7. The molecule has 4 aromatic carbocycles. The minimum absolute atomic E-state index is 0.00340. The first kappa shape index (κ1) is 20.4. The van der Waals surface area contributed by atoms with Gasteiger partial charge in [-0.25, -0.2) is 22.5 Å². The number of rotatable bonds is 3. The highest BCUT2D eigenvalue weighted by molar-refractivity contribution is 7.18. The summed E-state index contributed by atoms with van der Waals surface area (Å²) >= 11 is 1.64. The normalized spacial score (nSPS) is 11.3. The van der Waals surface area contributed by atoms with Crippen LogP contribution in [0.3, 0.4) is 0 Å². The average Bonchev–Trinajstić information content (AvgIpc) is 3.16. The van der Waals surface area contributed by atoms with E-state index in [1.807, 2.05) is 43.3 Å². The van der Waals surface area contributed by atoms with Gasteiger partial charge in [0.1, 0.15) is 5.82 Å². The van der Waals surface area contributed by atoms with Crippen molar-refractivity contribution < 1.29 is 17.6 Å². The third-order valence-electron chi connectivity index (χ3n) is 5.31. The lowest BCUT2D eigenvalue weighted by molar-refractivity contribution is 0.447. The number of halogens is 4. The van der Waals surface area contributed by atoms with Gasteiger partial charge in [-0.15, -0.1) is 11.3 Å². The lowest BCUT2D eigenvalue weighted by atomic mass is 9.97. The third kappa shape index (κ3) is 3.67. The van der Waals surface area contributed by atoms with E-state index in [1.165, 1.54) is 12.1 Å². The summed E-state index contributed by atoms with van der Waals surface area (Å²) in [7, 11) is 0. The molecule has 1 nitrogen and oxygen atoms in total. The molecule has 0 spiro atoms. The van der Waals surface area contributed by atoms with E-state index in [1.54, 1.807) is 17.4 Å². The van der Waals surface area contributed by atoms with Crippen molar-refractivity contribution in [1.82, 2.24) is 4.98 Å². The summed E-state index contributed by atoms with van der Waals surface area (Å²) in [5.41, 5.74) is 4.42. The quantitative estimate of drug-likeness (QED) is 0.200. The van der Waals surface area contributed by atoms with Crippen molar-refractivity contribution in [1.29, 1.82) is 0 Å². The summed E-state index contributed by atoms with van der Waals surface area (Å²) in [5.74, 6) is -4.94. The second-order valence-corrected chi connectivity index (χ2v) is 8.68. The van der Waals surface area contributed by atoms with Crippen LogP contribution in [0.2, 0.25) is 0 Å². The van der Waals surface area contributed by atoms with Gasteiger partial charge in [0.05, 0.1) is 15.2 Å². The van der Waals surface area contributed by atoms with Crippen LogP contribution in [0.4, 0.5) is 17.6 Å². The lowest BCUT2D eigenvalue weighted by Gasteiger charge is -2.09. The van der Waals surface area contributed by atoms with Crippen molar-refractivity contribution in [3.8, 4) is 33.4 Å². The molecule has 0 aliphatic rings. The van der Waals surface area contributed by atoms with Gasteiger partial charge in [-0.3, -0.25) is 0 Å². The fraction of sp³-hybridized carbons (Fsp3) is 0.0385. The monoisotopic (exact) mass is 449 g/mol. The number of hydrogen-bond donors (Lipinski definition) is 0. The SMILES string of the molecule is Cc1nc2ccc(-c3ccc(-c4ccc(-c5cc(F)c(F)c(F)c5)c(F)c4)cc3)cc2s1. The molecule has 0 unspecified atom stereocenters. The molecule has 1 heterocycles. The molecule has 0 saturated heterocycles. The standard InChI is InChI=1S/C26H15F4NS/c1-14-31-24-9-7-18(13-25(24)32-14)16-4-2-15(3-5-16)17-6-8-20(21(27)10-17)19-11-22(28)26(30)23(29)12-19/h2-13H,1H3. The molecule has 1 aromatic heterocycles. The molecule has 5 rings (SSSR count). The second-order valence-electron chi connectivity index (χ2n) is 7.44. The number of aromatic nitrogens is 1. The number of fused-ring (bicyclic) bond motifs is 1. The molecular formula is C26H15F4NS. The minimum Gasteiger partial charge on any atom is -0.242 e. The molecule has 6 heteroatoms. The Bertz CT molecular complexity index is 1450. The molecule has 0 aliphatic heterocycles. The van der Waals surface area contributed by atoms with E-state index in [2.05, 4.69) is 11.1 Å². The first-order chi connectivity index (χ1) is 15.4. The van der Waals surface area contributed by atoms with Crippen LogP contribution in [-0.2, 0) is 0 Å². The minimum atomic E-state index is -1.57. The van der Waals surface area contributed by atoms with Gasteiger partial charge in [0.2, 0.25) is 0 Å². The molecule has 0 bridgehead atoms. The van der Waals surface area contributed by atoms with Crippen LogP contribution in [-0.4, -0.2) is 4.98 Å². The van der Waals surface area contributed by atoms with Crippen molar-refractivity contribution in [2.75, 3.05) is 0 Å². The van der Waals surface area contributed by atoms with Gasteiger partial charge in [0, 0.05) is 5.56 Å². The third-order valence-corrected chi connectivity index (χ3v) is 6.24. The second kappa shape index (κ2) is 7.88.